The predicted molar refractivity (Wildman–Crippen MR) is 112 cm³/mol. The van der Waals surface area contributed by atoms with E-state index in [0.29, 0.717) is 36.2 Å². The van der Waals surface area contributed by atoms with Crippen LogP contribution in [0, 0.1) is 19.8 Å². The molecule has 1 amide bonds. The molecule has 8 heteroatoms. The molecule has 0 bridgehead atoms. The lowest BCUT2D eigenvalue weighted by Gasteiger charge is -2.34. The Morgan fingerprint density at radius 2 is 1.97 bits per heavy atom. The van der Waals surface area contributed by atoms with Crippen molar-refractivity contribution in [2.24, 2.45) is 5.92 Å². The molecule has 0 aliphatic carbocycles. The highest BCUT2D eigenvalue weighted by Crippen LogP contribution is 2.28. The van der Waals surface area contributed by atoms with Crippen LogP contribution in [0.5, 0.6) is 0 Å². The highest BCUT2D eigenvalue weighted by atomic mass is 35.5. The Balaban J connectivity index is 1.49. The number of aromatic nitrogens is 2. The number of hydrogen-bond donors (Lipinski definition) is 0. The smallest absolute Gasteiger partial charge is 0.227 e. The Morgan fingerprint density at radius 3 is 2.69 bits per heavy atom. The van der Waals surface area contributed by atoms with Crippen molar-refractivity contribution in [1.82, 2.24) is 14.7 Å². The average molecular weight is 438 g/mol. The van der Waals surface area contributed by atoms with Crippen molar-refractivity contribution in [1.29, 1.82) is 0 Å². The Morgan fingerprint density at radius 1 is 1.21 bits per heavy atom. The van der Waals surface area contributed by atoms with Gasteiger partial charge in [0.15, 0.2) is 6.29 Å². The van der Waals surface area contributed by atoms with Crippen LogP contribution in [0.15, 0.2) is 18.2 Å². The van der Waals surface area contributed by atoms with E-state index in [4.69, 9.17) is 32.7 Å². The topological polar surface area (TPSA) is 56.6 Å². The summed E-state index contributed by atoms with van der Waals surface area (Å²) in [5.41, 5.74) is 3.56. The largest absolute Gasteiger partial charge is 0.350 e. The van der Waals surface area contributed by atoms with Crippen LogP contribution in [-0.2, 0) is 20.7 Å². The summed E-state index contributed by atoms with van der Waals surface area (Å²) >= 11 is 12.2. The highest BCUT2D eigenvalue weighted by Gasteiger charge is 2.33. The van der Waals surface area contributed by atoms with Crippen LogP contribution < -0.4 is 0 Å². The van der Waals surface area contributed by atoms with Gasteiger partial charge in [-0.15, -0.1) is 0 Å². The summed E-state index contributed by atoms with van der Waals surface area (Å²) < 4.78 is 13.1. The van der Waals surface area contributed by atoms with Gasteiger partial charge in [0, 0.05) is 30.3 Å². The fraction of sp³-hybridized carbons (Fsp3) is 0.524. The second-order valence-electron chi connectivity index (χ2n) is 7.69. The minimum atomic E-state index is -0.175. The molecule has 4 rings (SSSR count). The highest BCUT2D eigenvalue weighted by molar-refractivity contribution is 6.42. The third-order valence-corrected chi connectivity index (χ3v) is 6.50. The molecule has 3 heterocycles. The van der Waals surface area contributed by atoms with Gasteiger partial charge in [-0.2, -0.15) is 5.10 Å². The second-order valence-corrected chi connectivity index (χ2v) is 8.50. The molecule has 2 aromatic rings. The zero-order valence-electron chi connectivity index (χ0n) is 16.7. The molecule has 1 atom stereocenters. The molecule has 1 aromatic heterocycles. The summed E-state index contributed by atoms with van der Waals surface area (Å²) in [6.07, 6.45) is 2.16. The van der Waals surface area contributed by atoms with E-state index in [1.165, 1.54) is 0 Å². The molecule has 1 unspecified atom stereocenters. The number of ether oxygens (including phenoxy) is 2. The van der Waals surface area contributed by atoms with Crippen molar-refractivity contribution in [3.8, 4) is 5.69 Å². The SMILES string of the molecule is Cc1nn(-c2ccc(Cl)c(Cl)c2)c(C)c1CC(=O)N1CCCC(C2OCCO2)C1. The maximum atomic E-state index is 13.0. The van der Waals surface area contributed by atoms with Gasteiger partial charge in [-0.1, -0.05) is 23.2 Å². The van der Waals surface area contributed by atoms with E-state index in [2.05, 4.69) is 5.10 Å². The van der Waals surface area contributed by atoms with Gasteiger partial charge in [-0.25, -0.2) is 4.68 Å². The number of benzene rings is 1. The van der Waals surface area contributed by atoms with E-state index in [9.17, 15) is 4.79 Å². The number of piperidine rings is 1. The normalized spacial score (nSPS) is 20.4. The molecule has 2 aliphatic heterocycles. The summed E-state index contributed by atoms with van der Waals surface area (Å²) in [5.74, 6) is 0.365. The van der Waals surface area contributed by atoms with E-state index in [-0.39, 0.29) is 18.1 Å². The lowest BCUT2D eigenvalue weighted by atomic mass is 9.96. The van der Waals surface area contributed by atoms with Crippen LogP contribution in [0.25, 0.3) is 5.69 Å². The van der Waals surface area contributed by atoms with Crippen LogP contribution in [0.3, 0.4) is 0 Å². The number of halogens is 2. The minimum absolute atomic E-state index is 0.118. The molecule has 156 valence electrons. The number of carbonyl (C=O) groups excluding carboxylic acids is 1. The van der Waals surface area contributed by atoms with E-state index in [0.717, 1.165) is 42.0 Å². The van der Waals surface area contributed by atoms with Crippen LogP contribution in [0.2, 0.25) is 10.0 Å². The predicted octanol–water partition coefficient (Wildman–Crippen LogP) is 3.95. The lowest BCUT2D eigenvalue weighted by Crippen LogP contribution is -2.44. The first-order chi connectivity index (χ1) is 13.9. The Hall–Kier alpha value is -1.60. The Kier molecular flexibility index (Phi) is 6.16. The Bertz CT molecular complexity index is 909. The monoisotopic (exact) mass is 437 g/mol. The van der Waals surface area contributed by atoms with Crippen LogP contribution >= 0.6 is 23.2 Å². The zero-order chi connectivity index (χ0) is 20.5. The van der Waals surface area contributed by atoms with E-state index >= 15 is 0 Å². The van der Waals surface area contributed by atoms with Crippen molar-refractivity contribution in [3.63, 3.8) is 0 Å². The van der Waals surface area contributed by atoms with Gasteiger partial charge in [0.1, 0.15) is 0 Å². The van der Waals surface area contributed by atoms with Crippen LogP contribution in [-0.4, -0.2) is 53.2 Å². The zero-order valence-corrected chi connectivity index (χ0v) is 18.2. The van der Waals surface area contributed by atoms with Crippen molar-refractivity contribution in [3.05, 3.63) is 45.2 Å². The third kappa shape index (κ3) is 4.31. The first-order valence-corrected chi connectivity index (χ1v) is 10.7. The minimum Gasteiger partial charge on any atom is -0.350 e. The number of carbonyl (C=O) groups is 1. The summed E-state index contributed by atoms with van der Waals surface area (Å²) in [7, 11) is 0. The van der Waals surface area contributed by atoms with Gasteiger partial charge in [0.25, 0.3) is 0 Å². The van der Waals surface area contributed by atoms with E-state index in [1.54, 1.807) is 12.1 Å². The Labute approximate surface area is 180 Å². The molecule has 6 nitrogen and oxygen atoms in total. The molecule has 0 saturated carbocycles. The fourth-order valence-electron chi connectivity index (χ4n) is 4.17. The average Bonchev–Trinajstić information content (AvgIpc) is 3.35. The maximum absolute atomic E-state index is 13.0. The van der Waals surface area contributed by atoms with Gasteiger partial charge >= 0.3 is 0 Å². The fourth-order valence-corrected chi connectivity index (χ4v) is 4.46. The molecule has 29 heavy (non-hydrogen) atoms. The molecule has 0 radical (unpaired) electrons. The number of amides is 1. The molecule has 2 fully saturated rings. The summed E-state index contributed by atoms with van der Waals surface area (Å²) in [6.45, 7) is 6.65. The quantitative estimate of drug-likeness (QED) is 0.726. The first-order valence-electron chi connectivity index (χ1n) is 9.95. The summed E-state index contributed by atoms with van der Waals surface area (Å²) in [5, 5.41) is 5.61. The number of nitrogens with zero attached hydrogens (tertiary/aromatic N) is 3. The third-order valence-electron chi connectivity index (χ3n) is 5.76. The number of aryl methyl sites for hydroxylation is 1. The summed E-state index contributed by atoms with van der Waals surface area (Å²) in [6, 6.07) is 5.41. The lowest BCUT2D eigenvalue weighted by molar-refractivity contribution is -0.138. The van der Waals surface area contributed by atoms with Crippen molar-refractivity contribution in [2.75, 3.05) is 26.3 Å². The van der Waals surface area contributed by atoms with Gasteiger partial charge in [-0.3, -0.25) is 4.79 Å². The number of likely N-dealkylation sites (tertiary alicyclic amines) is 1. The standard InChI is InChI=1S/C21H25Cl2N3O3/c1-13-17(14(2)26(24-13)16-5-6-18(22)19(23)10-16)11-20(27)25-7-3-4-15(12-25)21-28-8-9-29-21/h5-6,10,15,21H,3-4,7-9,11-12H2,1-2H3. The maximum Gasteiger partial charge on any atom is 0.227 e. The van der Waals surface area contributed by atoms with Crippen LogP contribution in [0.4, 0.5) is 0 Å². The van der Waals surface area contributed by atoms with E-state index < -0.39 is 0 Å². The van der Waals surface area contributed by atoms with E-state index in [1.807, 2.05) is 29.5 Å². The second kappa shape index (κ2) is 8.64. The summed E-state index contributed by atoms with van der Waals surface area (Å²) in [4.78, 5) is 15.0. The molecule has 1 aromatic carbocycles. The molecular formula is C21H25Cl2N3O3. The molecule has 0 spiro atoms. The van der Waals surface area contributed by atoms with Gasteiger partial charge in [0.05, 0.1) is 41.1 Å². The van der Waals surface area contributed by atoms with Crippen molar-refractivity contribution in [2.45, 2.75) is 39.4 Å². The van der Waals surface area contributed by atoms with Gasteiger partial charge in [-0.05, 0) is 44.9 Å². The van der Waals surface area contributed by atoms with Gasteiger partial charge in [0.2, 0.25) is 5.91 Å². The molecule has 2 saturated heterocycles. The van der Waals surface area contributed by atoms with Crippen molar-refractivity contribution >= 4 is 29.1 Å². The number of hydrogen-bond acceptors (Lipinski definition) is 4. The van der Waals surface area contributed by atoms with Gasteiger partial charge < -0.3 is 14.4 Å². The molecule has 0 N–H and O–H groups in total. The molecular weight excluding hydrogens is 413 g/mol. The number of rotatable bonds is 4. The first kappa shape index (κ1) is 20.7. The molecule has 2 aliphatic rings. The van der Waals surface area contributed by atoms with Crippen LogP contribution in [0.1, 0.15) is 29.8 Å². The van der Waals surface area contributed by atoms with Crippen molar-refractivity contribution < 1.29 is 14.3 Å².